The average molecular weight is 366 g/mol. The number of carbonyl (C=O) groups is 1. The van der Waals surface area contributed by atoms with Crippen LogP contribution in [-0.4, -0.2) is 10.9 Å². The fraction of sp³-hybridized carbons (Fsp3) is 0.333. The highest BCUT2D eigenvalue weighted by molar-refractivity contribution is 7.10. The van der Waals surface area contributed by atoms with Gasteiger partial charge in [0.2, 0.25) is 11.5 Å². The normalized spacial score (nSPS) is 16.0. The van der Waals surface area contributed by atoms with Gasteiger partial charge in [-0.25, -0.2) is 0 Å². The van der Waals surface area contributed by atoms with Crippen LogP contribution in [0, 0.1) is 0 Å². The molecule has 1 aromatic carbocycles. The van der Waals surface area contributed by atoms with Gasteiger partial charge >= 0.3 is 0 Å². The molecule has 1 aliphatic rings. The standard InChI is InChI=1S/C21H22N2O2S/c1-2-14-12-19(24)23-17-13-15(7-8-16(14)17)22-20(25)21(9-3-4-10-21)18-6-5-11-26-18/h5-8,11-13H,2-4,9-10H2,1H3,(H,22,25)(H,23,24). The van der Waals surface area contributed by atoms with Gasteiger partial charge in [0, 0.05) is 22.0 Å². The summed E-state index contributed by atoms with van der Waals surface area (Å²) in [6, 6.07) is 11.5. The van der Waals surface area contributed by atoms with Gasteiger partial charge in [0.1, 0.15) is 0 Å². The molecule has 26 heavy (non-hydrogen) atoms. The van der Waals surface area contributed by atoms with Crippen LogP contribution in [0.3, 0.4) is 0 Å². The van der Waals surface area contributed by atoms with E-state index in [1.807, 2.05) is 36.6 Å². The maximum atomic E-state index is 13.2. The molecule has 0 radical (unpaired) electrons. The highest BCUT2D eigenvalue weighted by atomic mass is 32.1. The SMILES string of the molecule is CCc1cc(=O)[nH]c2cc(NC(=O)C3(c4cccs4)CCCC3)ccc12. The number of anilines is 1. The number of benzene rings is 1. The summed E-state index contributed by atoms with van der Waals surface area (Å²) in [7, 11) is 0. The topological polar surface area (TPSA) is 62.0 Å². The lowest BCUT2D eigenvalue weighted by Crippen LogP contribution is -2.37. The second kappa shape index (κ2) is 6.72. The van der Waals surface area contributed by atoms with Crippen LogP contribution >= 0.6 is 11.3 Å². The van der Waals surface area contributed by atoms with Crippen LogP contribution in [0.4, 0.5) is 5.69 Å². The zero-order valence-electron chi connectivity index (χ0n) is 14.8. The fourth-order valence-electron chi connectivity index (χ4n) is 4.07. The number of aromatic nitrogens is 1. The van der Waals surface area contributed by atoms with Crippen molar-refractivity contribution in [1.82, 2.24) is 4.98 Å². The second-order valence-corrected chi connectivity index (χ2v) is 7.94. The van der Waals surface area contributed by atoms with E-state index in [0.29, 0.717) is 0 Å². The van der Waals surface area contributed by atoms with E-state index >= 15 is 0 Å². The Labute approximate surface area is 156 Å². The van der Waals surface area contributed by atoms with Gasteiger partial charge in [-0.2, -0.15) is 0 Å². The Morgan fingerprint density at radius 2 is 2.04 bits per heavy atom. The lowest BCUT2D eigenvalue weighted by atomic mass is 9.83. The molecule has 2 heterocycles. The van der Waals surface area contributed by atoms with E-state index < -0.39 is 5.41 Å². The Morgan fingerprint density at radius 3 is 2.73 bits per heavy atom. The average Bonchev–Trinajstić information content (AvgIpc) is 3.32. The number of fused-ring (bicyclic) bond motifs is 1. The summed E-state index contributed by atoms with van der Waals surface area (Å²) >= 11 is 1.66. The second-order valence-electron chi connectivity index (χ2n) is 6.99. The number of hydrogen-bond acceptors (Lipinski definition) is 3. The first-order valence-electron chi connectivity index (χ1n) is 9.14. The van der Waals surface area contributed by atoms with Gasteiger partial charge in [0.15, 0.2) is 0 Å². The van der Waals surface area contributed by atoms with E-state index in [4.69, 9.17) is 0 Å². The van der Waals surface area contributed by atoms with Crippen molar-refractivity contribution in [3.8, 4) is 0 Å². The van der Waals surface area contributed by atoms with Gasteiger partial charge in [0.05, 0.1) is 10.9 Å². The molecular weight excluding hydrogens is 344 g/mol. The van der Waals surface area contributed by atoms with Gasteiger partial charge in [0.25, 0.3) is 0 Å². The van der Waals surface area contributed by atoms with E-state index in [2.05, 4.69) is 16.4 Å². The van der Waals surface area contributed by atoms with E-state index in [-0.39, 0.29) is 11.5 Å². The minimum atomic E-state index is -0.415. The molecule has 3 aromatic rings. The Morgan fingerprint density at radius 1 is 1.23 bits per heavy atom. The minimum absolute atomic E-state index is 0.0609. The summed E-state index contributed by atoms with van der Waals surface area (Å²) < 4.78 is 0. The highest BCUT2D eigenvalue weighted by Crippen LogP contribution is 2.44. The first kappa shape index (κ1) is 17.0. The van der Waals surface area contributed by atoms with Gasteiger partial charge in [-0.1, -0.05) is 31.9 Å². The smallest absolute Gasteiger partial charge is 0.248 e. The zero-order valence-corrected chi connectivity index (χ0v) is 15.6. The van der Waals surface area contributed by atoms with Crippen LogP contribution in [0.15, 0.2) is 46.6 Å². The Balaban J connectivity index is 1.68. The molecule has 0 unspecified atom stereocenters. The summed E-state index contributed by atoms with van der Waals surface area (Å²) in [5.41, 5.74) is 2.00. The van der Waals surface area contributed by atoms with E-state index in [9.17, 15) is 9.59 Å². The maximum absolute atomic E-state index is 13.2. The van der Waals surface area contributed by atoms with Crippen molar-refractivity contribution in [2.24, 2.45) is 0 Å². The van der Waals surface area contributed by atoms with Crippen molar-refractivity contribution >= 4 is 33.8 Å². The fourth-order valence-corrected chi connectivity index (χ4v) is 5.05. The molecule has 2 N–H and O–H groups in total. The zero-order chi connectivity index (χ0) is 18.1. The minimum Gasteiger partial charge on any atom is -0.325 e. The van der Waals surface area contributed by atoms with E-state index in [0.717, 1.165) is 59.1 Å². The number of rotatable bonds is 4. The molecule has 1 fully saturated rings. The van der Waals surface area contributed by atoms with Crippen molar-refractivity contribution in [3.63, 3.8) is 0 Å². The monoisotopic (exact) mass is 366 g/mol. The molecule has 0 atom stereocenters. The Bertz CT molecular complexity index is 999. The van der Waals surface area contributed by atoms with Crippen molar-refractivity contribution in [2.75, 3.05) is 5.32 Å². The van der Waals surface area contributed by atoms with Crippen molar-refractivity contribution < 1.29 is 4.79 Å². The number of H-pyrrole nitrogens is 1. The first-order valence-corrected chi connectivity index (χ1v) is 10.0. The number of hydrogen-bond donors (Lipinski definition) is 2. The third-order valence-electron chi connectivity index (χ3n) is 5.45. The molecule has 4 nitrogen and oxygen atoms in total. The van der Waals surface area contributed by atoms with Crippen LogP contribution in [0.25, 0.3) is 10.9 Å². The molecule has 1 aliphatic carbocycles. The third-order valence-corrected chi connectivity index (χ3v) is 6.53. The van der Waals surface area contributed by atoms with Crippen LogP contribution in [-0.2, 0) is 16.6 Å². The summed E-state index contributed by atoms with van der Waals surface area (Å²) in [6.07, 6.45) is 4.74. The highest BCUT2D eigenvalue weighted by Gasteiger charge is 2.43. The molecule has 5 heteroatoms. The number of pyridine rings is 1. The molecule has 0 spiro atoms. The van der Waals surface area contributed by atoms with Crippen molar-refractivity contribution in [2.45, 2.75) is 44.4 Å². The molecule has 0 aliphatic heterocycles. The first-order chi connectivity index (χ1) is 12.6. The summed E-state index contributed by atoms with van der Waals surface area (Å²) in [5, 5.41) is 6.17. The summed E-state index contributed by atoms with van der Waals surface area (Å²) in [5.74, 6) is 0.0609. The number of carbonyl (C=O) groups excluding carboxylic acids is 1. The van der Waals surface area contributed by atoms with Gasteiger partial charge in [-0.15, -0.1) is 11.3 Å². The predicted octanol–water partition coefficient (Wildman–Crippen LogP) is 4.60. The molecule has 1 amide bonds. The summed E-state index contributed by atoms with van der Waals surface area (Å²) in [6.45, 7) is 2.04. The Kier molecular flexibility index (Phi) is 4.41. The molecule has 0 saturated heterocycles. The van der Waals surface area contributed by atoms with Crippen LogP contribution in [0.1, 0.15) is 43.0 Å². The van der Waals surface area contributed by atoms with Crippen LogP contribution in [0.2, 0.25) is 0 Å². The molecule has 1 saturated carbocycles. The quantitative estimate of drug-likeness (QED) is 0.709. The third kappa shape index (κ3) is 2.86. The molecule has 2 aromatic heterocycles. The number of thiophene rings is 1. The van der Waals surface area contributed by atoms with E-state index in [1.165, 1.54) is 0 Å². The molecule has 4 rings (SSSR count). The molecule has 0 bridgehead atoms. The van der Waals surface area contributed by atoms with Crippen LogP contribution < -0.4 is 10.9 Å². The van der Waals surface area contributed by atoms with Gasteiger partial charge < -0.3 is 10.3 Å². The van der Waals surface area contributed by atoms with Crippen molar-refractivity contribution in [1.29, 1.82) is 0 Å². The number of aromatic amines is 1. The largest absolute Gasteiger partial charge is 0.325 e. The molecular formula is C21H22N2O2S. The molecule has 134 valence electrons. The van der Waals surface area contributed by atoms with Crippen molar-refractivity contribution in [3.05, 3.63) is 62.6 Å². The van der Waals surface area contributed by atoms with Gasteiger partial charge in [-0.3, -0.25) is 9.59 Å². The number of aryl methyl sites for hydroxylation is 1. The Hall–Kier alpha value is -2.40. The maximum Gasteiger partial charge on any atom is 0.248 e. The summed E-state index contributed by atoms with van der Waals surface area (Å²) in [4.78, 5) is 29.1. The van der Waals surface area contributed by atoms with Gasteiger partial charge in [-0.05, 0) is 48.4 Å². The van der Waals surface area contributed by atoms with Crippen LogP contribution in [0.5, 0.6) is 0 Å². The van der Waals surface area contributed by atoms with E-state index in [1.54, 1.807) is 17.4 Å². The predicted molar refractivity (Wildman–Crippen MR) is 107 cm³/mol. The number of nitrogens with one attached hydrogen (secondary N) is 2. The number of amides is 1. The lowest BCUT2D eigenvalue weighted by molar-refractivity contribution is -0.121. The lowest BCUT2D eigenvalue weighted by Gasteiger charge is -2.26.